The van der Waals surface area contributed by atoms with Gasteiger partial charge in [-0.25, -0.2) is 0 Å². The van der Waals surface area contributed by atoms with Crippen LogP contribution in [0.25, 0.3) is 0 Å². The molecule has 0 bridgehead atoms. The number of halogens is 2. The summed E-state index contributed by atoms with van der Waals surface area (Å²) < 4.78 is 6.77. The predicted octanol–water partition coefficient (Wildman–Crippen LogP) is 4.58. The quantitative estimate of drug-likeness (QED) is 0.744. The summed E-state index contributed by atoms with van der Waals surface area (Å²) in [5, 5.41) is 4.19. The van der Waals surface area contributed by atoms with Crippen molar-refractivity contribution in [2.75, 3.05) is 13.7 Å². The SMILES string of the molecule is CNC(c1ccc(I)c(Cl)c1)c1ccc2c(c1)CCCO2. The number of ether oxygens (including phenoxy) is 1. The monoisotopic (exact) mass is 413 g/mol. The Morgan fingerprint density at radius 3 is 2.71 bits per heavy atom. The molecule has 3 rings (SSSR count). The maximum Gasteiger partial charge on any atom is 0.122 e. The summed E-state index contributed by atoms with van der Waals surface area (Å²) in [4.78, 5) is 0. The molecular formula is C17H17ClINO. The van der Waals surface area contributed by atoms with Gasteiger partial charge in [0.2, 0.25) is 0 Å². The highest BCUT2D eigenvalue weighted by Crippen LogP contribution is 2.31. The van der Waals surface area contributed by atoms with Crippen molar-refractivity contribution in [3.63, 3.8) is 0 Å². The fraction of sp³-hybridized carbons (Fsp3) is 0.294. The Morgan fingerprint density at radius 2 is 1.95 bits per heavy atom. The third kappa shape index (κ3) is 3.20. The number of aryl methyl sites for hydroxylation is 1. The molecular weight excluding hydrogens is 397 g/mol. The van der Waals surface area contributed by atoms with Crippen LogP contribution in [0.5, 0.6) is 5.75 Å². The lowest BCUT2D eigenvalue weighted by molar-refractivity contribution is 0.288. The molecule has 1 atom stereocenters. The molecule has 1 aliphatic rings. The van der Waals surface area contributed by atoms with E-state index < -0.39 is 0 Å². The number of nitrogens with one attached hydrogen (secondary N) is 1. The predicted molar refractivity (Wildman–Crippen MR) is 95.3 cm³/mol. The van der Waals surface area contributed by atoms with Crippen LogP contribution in [0.3, 0.4) is 0 Å². The number of hydrogen-bond donors (Lipinski definition) is 1. The molecule has 0 aromatic heterocycles. The Bertz CT molecular complexity index is 659. The second kappa shape index (κ2) is 6.55. The summed E-state index contributed by atoms with van der Waals surface area (Å²) in [7, 11) is 1.98. The molecule has 1 heterocycles. The van der Waals surface area contributed by atoms with Gasteiger partial charge in [-0.3, -0.25) is 0 Å². The minimum Gasteiger partial charge on any atom is -0.493 e. The molecule has 0 amide bonds. The van der Waals surface area contributed by atoms with Crippen molar-refractivity contribution in [3.05, 3.63) is 61.7 Å². The molecule has 0 aliphatic carbocycles. The van der Waals surface area contributed by atoms with Crippen LogP contribution in [0, 0.1) is 3.57 Å². The first kappa shape index (κ1) is 15.1. The van der Waals surface area contributed by atoms with Gasteiger partial charge < -0.3 is 10.1 Å². The van der Waals surface area contributed by atoms with Gasteiger partial charge in [0.05, 0.1) is 17.7 Å². The van der Waals surface area contributed by atoms with Gasteiger partial charge in [-0.15, -0.1) is 0 Å². The van der Waals surface area contributed by atoms with Crippen molar-refractivity contribution in [3.8, 4) is 5.75 Å². The average Bonchev–Trinajstić information content (AvgIpc) is 2.51. The van der Waals surface area contributed by atoms with Crippen molar-refractivity contribution in [1.29, 1.82) is 0 Å². The third-order valence-electron chi connectivity index (χ3n) is 3.83. The van der Waals surface area contributed by atoms with Crippen molar-refractivity contribution >= 4 is 34.2 Å². The molecule has 21 heavy (non-hydrogen) atoms. The Labute approximate surface area is 144 Å². The second-order valence-electron chi connectivity index (χ2n) is 5.21. The van der Waals surface area contributed by atoms with E-state index >= 15 is 0 Å². The van der Waals surface area contributed by atoms with Gasteiger partial charge in [0.15, 0.2) is 0 Å². The minimum atomic E-state index is 0.145. The zero-order valence-electron chi connectivity index (χ0n) is 11.8. The smallest absolute Gasteiger partial charge is 0.122 e. The highest BCUT2D eigenvalue weighted by atomic mass is 127. The molecule has 1 aliphatic heterocycles. The lowest BCUT2D eigenvalue weighted by atomic mass is 9.95. The van der Waals surface area contributed by atoms with E-state index in [0.29, 0.717) is 0 Å². The topological polar surface area (TPSA) is 21.3 Å². The van der Waals surface area contributed by atoms with Gasteiger partial charge in [0, 0.05) is 3.57 Å². The molecule has 1 N–H and O–H groups in total. The van der Waals surface area contributed by atoms with Crippen LogP contribution < -0.4 is 10.1 Å². The number of benzene rings is 2. The molecule has 2 nitrogen and oxygen atoms in total. The maximum atomic E-state index is 6.26. The van der Waals surface area contributed by atoms with Crippen LogP contribution in [0.4, 0.5) is 0 Å². The largest absolute Gasteiger partial charge is 0.493 e. The maximum absolute atomic E-state index is 6.26. The number of hydrogen-bond acceptors (Lipinski definition) is 2. The summed E-state index contributed by atoms with van der Waals surface area (Å²) in [5.41, 5.74) is 3.73. The van der Waals surface area contributed by atoms with E-state index in [1.165, 1.54) is 16.7 Å². The Balaban J connectivity index is 1.97. The Hall–Kier alpha value is -0.780. The number of fused-ring (bicyclic) bond motifs is 1. The highest BCUT2D eigenvalue weighted by Gasteiger charge is 2.17. The zero-order valence-corrected chi connectivity index (χ0v) is 14.7. The van der Waals surface area contributed by atoms with Crippen molar-refractivity contribution in [1.82, 2.24) is 5.32 Å². The second-order valence-corrected chi connectivity index (χ2v) is 6.78. The normalized spacial score (nSPS) is 15.2. The summed E-state index contributed by atoms with van der Waals surface area (Å²) in [6.07, 6.45) is 2.18. The molecule has 4 heteroatoms. The first-order chi connectivity index (χ1) is 10.2. The van der Waals surface area contributed by atoms with Gasteiger partial charge in [-0.2, -0.15) is 0 Å². The molecule has 2 aromatic rings. The van der Waals surface area contributed by atoms with Crippen LogP contribution in [0.1, 0.15) is 29.2 Å². The highest BCUT2D eigenvalue weighted by molar-refractivity contribution is 14.1. The lowest BCUT2D eigenvalue weighted by Gasteiger charge is -2.22. The molecule has 0 saturated carbocycles. The van der Waals surface area contributed by atoms with Crippen LogP contribution in [-0.2, 0) is 6.42 Å². The van der Waals surface area contributed by atoms with Crippen molar-refractivity contribution < 1.29 is 4.74 Å². The minimum absolute atomic E-state index is 0.145. The summed E-state index contributed by atoms with van der Waals surface area (Å²) in [6, 6.07) is 12.8. The van der Waals surface area contributed by atoms with E-state index in [1.807, 2.05) is 13.1 Å². The molecule has 0 fully saturated rings. The third-order valence-corrected chi connectivity index (χ3v) is 5.40. The molecule has 2 aromatic carbocycles. The van der Waals surface area contributed by atoms with Crippen LogP contribution in [0.2, 0.25) is 5.02 Å². The summed E-state index contributed by atoms with van der Waals surface area (Å²) in [6.45, 7) is 0.828. The van der Waals surface area contributed by atoms with E-state index in [0.717, 1.165) is 33.8 Å². The van der Waals surface area contributed by atoms with Crippen LogP contribution >= 0.6 is 34.2 Å². The Kier molecular flexibility index (Phi) is 4.72. The molecule has 1 unspecified atom stereocenters. The van der Waals surface area contributed by atoms with Gasteiger partial charge in [0.1, 0.15) is 5.75 Å². The molecule has 110 valence electrons. The Morgan fingerprint density at radius 1 is 1.19 bits per heavy atom. The summed E-state index contributed by atoms with van der Waals surface area (Å²) >= 11 is 8.51. The lowest BCUT2D eigenvalue weighted by Crippen LogP contribution is -2.18. The average molecular weight is 414 g/mol. The first-order valence-electron chi connectivity index (χ1n) is 7.07. The van der Waals surface area contributed by atoms with Gasteiger partial charge in [-0.05, 0) is 77.4 Å². The number of rotatable bonds is 3. The molecule has 0 saturated heterocycles. The standard InChI is InChI=1S/C17H17ClINO/c1-20-17(13-4-6-15(19)14(18)10-13)12-5-7-16-11(9-12)3-2-8-21-16/h4-7,9-10,17,20H,2-3,8H2,1H3. The van der Waals surface area contributed by atoms with E-state index in [2.05, 4.69) is 58.2 Å². The van der Waals surface area contributed by atoms with Crippen LogP contribution in [-0.4, -0.2) is 13.7 Å². The van der Waals surface area contributed by atoms with Crippen molar-refractivity contribution in [2.45, 2.75) is 18.9 Å². The van der Waals surface area contributed by atoms with Gasteiger partial charge >= 0.3 is 0 Å². The first-order valence-corrected chi connectivity index (χ1v) is 8.52. The zero-order chi connectivity index (χ0) is 14.8. The summed E-state index contributed by atoms with van der Waals surface area (Å²) in [5.74, 6) is 1.03. The fourth-order valence-electron chi connectivity index (χ4n) is 2.78. The van der Waals surface area contributed by atoms with E-state index in [9.17, 15) is 0 Å². The molecule has 0 radical (unpaired) electrons. The van der Waals surface area contributed by atoms with Crippen molar-refractivity contribution in [2.24, 2.45) is 0 Å². The van der Waals surface area contributed by atoms with E-state index in [-0.39, 0.29) is 6.04 Å². The van der Waals surface area contributed by atoms with Gasteiger partial charge in [-0.1, -0.05) is 29.8 Å². The molecule has 0 spiro atoms. The van der Waals surface area contributed by atoms with Gasteiger partial charge in [0.25, 0.3) is 0 Å². The van der Waals surface area contributed by atoms with Crippen LogP contribution in [0.15, 0.2) is 36.4 Å². The fourth-order valence-corrected chi connectivity index (χ4v) is 3.30. The van der Waals surface area contributed by atoms with E-state index in [1.54, 1.807) is 0 Å². The van der Waals surface area contributed by atoms with E-state index in [4.69, 9.17) is 16.3 Å².